The van der Waals surface area contributed by atoms with Crippen LogP contribution in [0, 0.1) is 0 Å². The van der Waals surface area contributed by atoms with E-state index in [9.17, 15) is 19.1 Å². The predicted molar refractivity (Wildman–Crippen MR) is 174 cm³/mol. The number of benzene rings is 1. The zero-order chi connectivity index (χ0) is 32.2. The van der Waals surface area contributed by atoms with E-state index in [1.54, 1.807) is 9.80 Å². The van der Waals surface area contributed by atoms with E-state index in [1.165, 1.54) is 50.5 Å². The second kappa shape index (κ2) is 13.8. The molecule has 238 valence electrons. The molecule has 2 amide bonds. The first-order chi connectivity index (χ1) is 20.9. The van der Waals surface area contributed by atoms with Crippen LogP contribution in [0.5, 0.6) is 5.75 Å². The molecule has 0 spiro atoms. The van der Waals surface area contributed by atoms with E-state index in [-0.39, 0.29) is 34.6 Å². The molecule has 2 aromatic rings. The molecule has 9 heteroatoms. The van der Waals surface area contributed by atoms with Crippen LogP contribution in [-0.2, 0) is 10.5 Å². The second-order valence-electron chi connectivity index (χ2n) is 12.6. The van der Waals surface area contributed by atoms with Crippen molar-refractivity contribution in [3.8, 4) is 5.75 Å². The molecule has 3 N–H and O–H groups in total. The monoisotopic (exact) mass is 605 g/mol. The normalized spacial score (nSPS) is 18.8. The molecule has 1 aromatic heterocycles. The second-order valence-corrected chi connectivity index (χ2v) is 12.6. The van der Waals surface area contributed by atoms with Crippen LogP contribution >= 0.6 is 0 Å². The number of nitrogens with zero attached hydrogens (tertiary/aromatic N) is 4. The van der Waals surface area contributed by atoms with Crippen molar-refractivity contribution < 1.29 is 19.1 Å². The molecular weight excluding hydrogens is 557 g/mol. The molecule has 5 rings (SSSR count). The van der Waals surface area contributed by atoms with E-state index in [0.29, 0.717) is 38.4 Å². The number of pyridine rings is 1. The van der Waals surface area contributed by atoms with Gasteiger partial charge in [-0.25, -0.2) is 9.37 Å². The van der Waals surface area contributed by atoms with Gasteiger partial charge in [-0.3, -0.25) is 9.59 Å². The Labute approximate surface area is 261 Å². The summed E-state index contributed by atoms with van der Waals surface area (Å²) in [4.78, 5) is 36.4. The summed E-state index contributed by atoms with van der Waals surface area (Å²) in [6.07, 6.45) is 8.09. The Morgan fingerprint density at radius 2 is 1.86 bits per heavy atom. The van der Waals surface area contributed by atoms with E-state index < -0.39 is 11.7 Å². The van der Waals surface area contributed by atoms with Crippen molar-refractivity contribution in [1.29, 1.82) is 0 Å². The zero-order valence-corrected chi connectivity index (χ0v) is 26.9. The molecule has 0 bridgehead atoms. The topological polar surface area (TPSA) is 103 Å². The van der Waals surface area contributed by atoms with Crippen LogP contribution in [0.1, 0.15) is 100 Å². The van der Waals surface area contributed by atoms with E-state index in [4.69, 9.17) is 5.73 Å². The SMILES string of the molecule is C=CC(=O)N1CCCC2=C(N(C)c3ccc(C4CCC4)cc3O)CCN(C(=O)c3ccc(C(C)(C)F)nc3N)C2C1.CCC. The summed E-state index contributed by atoms with van der Waals surface area (Å²) >= 11 is 0. The molecule has 1 saturated carbocycles. The van der Waals surface area contributed by atoms with Gasteiger partial charge in [-0.05, 0) is 86.9 Å². The molecule has 1 atom stereocenters. The first-order valence-electron chi connectivity index (χ1n) is 15.9. The number of fused-ring (bicyclic) bond motifs is 1. The van der Waals surface area contributed by atoms with Gasteiger partial charge in [0, 0.05) is 38.8 Å². The van der Waals surface area contributed by atoms with Gasteiger partial charge in [0.1, 0.15) is 17.2 Å². The van der Waals surface area contributed by atoms with Crippen molar-refractivity contribution in [1.82, 2.24) is 14.8 Å². The number of likely N-dealkylation sites (tertiary alicyclic amines) is 1. The Hall–Kier alpha value is -3.88. The van der Waals surface area contributed by atoms with Crippen molar-refractivity contribution in [3.05, 3.63) is 71.1 Å². The Morgan fingerprint density at radius 1 is 1.16 bits per heavy atom. The van der Waals surface area contributed by atoms with E-state index in [0.717, 1.165) is 36.2 Å². The number of carbonyl (C=O) groups excluding carboxylic acids is 2. The third-order valence-electron chi connectivity index (χ3n) is 8.86. The molecule has 44 heavy (non-hydrogen) atoms. The maximum atomic E-state index is 14.5. The number of nitrogens with two attached hydrogens (primary N) is 1. The smallest absolute Gasteiger partial charge is 0.258 e. The summed E-state index contributed by atoms with van der Waals surface area (Å²) in [5, 5.41) is 11.0. The number of aromatic hydroxyl groups is 1. The number of phenolic OH excluding ortho intramolecular Hbond substituents is 1. The van der Waals surface area contributed by atoms with Crippen LogP contribution in [0.2, 0.25) is 0 Å². The van der Waals surface area contributed by atoms with Gasteiger partial charge in [-0.2, -0.15) is 0 Å². The van der Waals surface area contributed by atoms with Crippen molar-refractivity contribution >= 4 is 23.3 Å². The molecule has 1 unspecified atom stereocenters. The highest BCUT2D eigenvalue weighted by Gasteiger charge is 2.38. The molecule has 1 aliphatic carbocycles. The number of aromatic nitrogens is 1. The molecular formula is C35H48FN5O3. The van der Waals surface area contributed by atoms with Gasteiger partial charge >= 0.3 is 0 Å². The fourth-order valence-corrected chi connectivity index (χ4v) is 6.27. The van der Waals surface area contributed by atoms with Gasteiger partial charge in [0.15, 0.2) is 0 Å². The number of phenols is 1. The maximum absolute atomic E-state index is 14.5. The highest BCUT2D eigenvalue weighted by atomic mass is 19.1. The van der Waals surface area contributed by atoms with Gasteiger partial charge in [-0.1, -0.05) is 39.3 Å². The number of halogens is 1. The summed E-state index contributed by atoms with van der Waals surface area (Å²) in [6, 6.07) is 8.61. The van der Waals surface area contributed by atoms with Gasteiger partial charge < -0.3 is 25.5 Å². The van der Waals surface area contributed by atoms with Crippen molar-refractivity contribution in [2.75, 3.05) is 37.3 Å². The average molecular weight is 606 g/mol. The standard InChI is InChI=1S/C32H40FN5O3.C3H8/c1-5-29(40)37-16-7-10-22-24(36(4)25-13-11-21(18-27(25)39)20-8-6-9-20)15-17-38(26(22)19-37)31(41)23-12-14-28(32(2,3)33)35-30(23)34;1-3-2/h5,11-14,18,20,26,39H,1,6-10,15-17,19H2,2-4H3,(H2,34,35);3H2,1-2H3. The first-order valence-corrected chi connectivity index (χ1v) is 15.9. The zero-order valence-electron chi connectivity index (χ0n) is 26.9. The molecule has 2 fully saturated rings. The van der Waals surface area contributed by atoms with Crippen LogP contribution in [0.15, 0.2) is 54.3 Å². The number of alkyl halides is 1. The van der Waals surface area contributed by atoms with Crippen molar-refractivity contribution in [2.45, 2.75) is 90.3 Å². The Kier molecular flexibility index (Phi) is 10.4. The van der Waals surface area contributed by atoms with Crippen LogP contribution in [0.25, 0.3) is 0 Å². The molecule has 2 aliphatic heterocycles. The molecule has 8 nitrogen and oxygen atoms in total. The molecule has 1 saturated heterocycles. The van der Waals surface area contributed by atoms with Crippen LogP contribution in [0.3, 0.4) is 0 Å². The van der Waals surface area contributed by atoms with E-state index >= 15 is 0 Å². The van der Waals surface area contributed by atoms with Crippen LogP contribution in [-0.4, -0.2) is 64.4 Å². The lowest BCUT2D eigenvalue weighted by atomic mass is 9.80. The number of rotatable bonds is 6. The molecule has 3 aliphatic rings. The number of nitrogen functional groups attached to an aromatic ring is 1. The fraction of sp³-hybridized carbons (Fsp3) is 0.514. The fourth-order valence-electron chi connectivity index (χ4n) is 6.27. The van der Waals surface area contributed by atoms with Gasteiger partial charge in [0.05, 0.1) is 23.0 Å². The maximum Gasteiger partial charge on any atom is 0.258 e. The van der Waals surface area contributed by atoms with Crippen LogP contribution in [0.4, 0.5) is 15.9 Å². The minimum Gasteiger partial charge on any atom is -0.506 e. The summed E-state index contributed by atoms with van der Waals surface area (Å²) in [5.74, 6) is 0.257. The molecule has 0 radical (unpaired) electrons. The number of hydrogen-bond donors (Lipinski definition) is 2. The predicted octanol–water partition coefficient (Wildman–Crippen LogP) is 6.67. The van der Waals surface area contributed by atoms with E-state index in [1.807, 2.05) is 24.1 Å². The summed E-state index contributed by atoms with van der Waals surface area (Å²) < 4.78 is 14.5. The Balaban J connectivity index is 0.00000141. The Bertz CT molecular complexity index is 1410. The van der Waals surface area contributed by atoms with Crippen molar-refractivity contribution in [3.63, 3.8) is 0 Å². The quantitative estimate of drug-likeness (QED) is 0.357. The minimum atomic E-state index is -1.69. The third-order valence-corrected chi connectivity index (χ3v) is 8.86. The average Bonchev–Trinajstić information content (AvgIpc) is 3.18. The van der Waals surface area contributed by atoms with Gasteiger partial charge in [0.2, 0.25) is 5.91 Å². The number of anilines is 2. The Morgan fingerprint density at radius 3 is 2.43 bits per heavy atom. The summed E-state index contributed by atoms with van der Waals surface area (Å²) in [7, 11) is 1.95. The van der Waals surface area contributed by atoms with Crippen molar-refractivity contribution in [2.24, 2.45) is 0 Å². The lowest BCUT2D eigenvalue weighted by Crippen LogP contribution is -2.51. The lowest BCUT2D eigenvalue weighted by Gasteiger charge is -2.42. The first kappa shape index (κ1) is 33.0. The largest absolute Gasteiger partial charge is 0.506 e. The summed E-state index contributed by atoms with van der Waals surface area (Å²) in [5.41, 5.74) is 8.86. The lowest BCUT2D eigenvalue weighted by molar-refractivity contribution is -0.126. The molecule has 3 heterocycles. The number of amides is 2. The summed E-state index contributed by atoms with van der Waals surface area (Å²) in [6.45, 7) is 12.0. The highest BCUT2D eigenvalue weighted by molar-refractivity contribution is 5.99. The van der Waals surface area contributed by atoms with Gasteiger partial charge in [-0.15, -0.1) is 0 Å². The highest BCUT2D eigenvalue weighted by Crippen LogP contribution is 2.42. The number of hydrogen-bond acceptors (Lipinski definition) is 6. The van der Waals surface area contributed by atoms with Crippen LogP contribution < -0.4 is 10.6 Å². The number of carbonyl (C=O) groups is 2. The van der Waals surface area contributed by atoms with E-state index in [2.05, 4.69) is 31.5 Å². The third kappa shape index (κ3) is 6.92. The molecule has 1 aromatic carbocycles. The minimum absolute atomic E-state index is 0.0178. The van der Waals surface area contributed by atoms with Gasteiger partial charge in [0.25, 0.3) is 5.91 Å².